The number of aromatic nitrogens is 3. The van der Waals surface area contributed by atoms with Crippen molar-refractivity contribution in [3.8, 4) is 0 Å². The Morgan fingerprint density at radius 2 is 1.76 bits per heavy atom. The second-order valence-electron chi connectivity index (χ2n) is 9.84. The minimum absolute atomic E-state index is 0.0153. The molecule has 0 radical (unpaired) electrons. The van der Waals surface area contributed by atoms with Crippen LogP contribution in [0.25, 0.3) is 5.65 Å². The van der Waals surface area contributed by atoms with Crippen molar-refractivity contribution in [1.29, 1.82) is 0 Å². The van der Waals surface area contributed by atoms with Crippen molar-refractivity contribution in [2.24, 2.45) is 16.6 Å². The third kappa shape index (κ3) is 5.75. The van der Waals surface area contributed by atoms with E-state index in [0.717, 1.165) is 44.1 Å². The number of nitrogens with one attached hydrogen (secondary N) is 2. The number of halogens is 1. The van der Waals surface area contributed by atoms with Gasteiger partial charge in [-0.05, 0) is 61.6 Å². The summed E-state index contributed by atoms with van der Waals surface area (Å²) in [5.41, 5.74) is 6.02. The predicted octanol–water partition coefficient (Wildman–Crippen LogP) is 3.35. The molecular formula is C26H31FN6O5. The molecule has 0 aliphatic heterocycles. The van der Waals surface area contributed by atoms with Gasteiger partial charge in [-0.25, -0.2) is 19.0 Å². The third-order valence-electron chi connectivity index (χ3n) is 7.61. The van der Waals surface area contributed by atoms with Gasteiger partial charge in [0.25, 0.3) is 0 Å². The summed E-state index contributed by atoms with van der Waals surface area (Å²) in [4.78, 5) is 39.8. The van der Waals surface area contributed by atoms with E-state index in [4.69, 9.17) is 10.5 Å². The van der Waals surface area contributed by atoms with E-state index in [0.29, 0.717) is 18.7 Å². The van der Waals surface area contributed by atoms with Crippen LogP contribution in [0.15, 0.2) is 42.6 Å². The maximum atomic E-state index is 12.5. The number of hydrogen-bond acceptors (Lipinski definition) is 7. The molecule has 3 saturated carbocycles. The lowest BCUT2D eigenvalue weighted by molar-refractivity contribution is -0.162. The number of methoxy groups -OCH3 is 1. The first-order valence-corrected chi connectivity index (χ1v) is 12.4. The summed E-state index contributed by atoms with van der Waals surface area (Å²) < 4.78 is 18.5. The summed E-state index contributed by atoms with van der Waals surface area (Å²) in [6.07, 6.45) is 6.42. The molecule has 0 unspecified atom stereocenters. The number of urea groups is 1. The van der Waals surface area contributed by atoms with Gasteiger partial charge in [0.2, 0.25) is 0 Å². The highest BCUT2D eigenvalue weighted by molar-refractivity contribution is 5.92. The molecule has 2 bridgehead atoms. The second kappa shape index (κ2) is 11.1. The van der Waals surface area contributed by atoms with Crippen LogP contribution in [-0.4, -0.2) is 51.3 Å². The number of fused-ring (bicyclic) bond motifs is 4. The molecule has 3 aliphatic carbocycles. The largest absolute Gasteiger partial charge is 0.477 e. The second-order valence-corrected chi connectivity index (χ2v) is 9.84. The fourth-order valence-electron chi connectivity index (χ4n) is 5.21. The first-order chi connectivity index (χ1) is 18.2. The first kappa shape index (κ1) is 27.0. The number of ether oxygens (including phenoxy) is 1. The molecule has 2 heterocycles. The van der Waals surface area contributed by atoms with Crippen molar-refractivity contribution in [3.63, 3.8) is 0 Å². The number of aromatic carboxylic acids is 1. The van der Waals surface area contributed by atoms with E-state index >= 15 is 0 Å². The molecule has 1 aromatic carbocycles. The van der Waals surface area contributed by atoms with Crippen LogP contribution in [0.5, 0.6) is 0 Å². The Bertz CT molecular complexity index is 1300. The van der Waals surface area contributed by atoms with Gasteiger partial charge < -0.3 is 20.9 Å². The van der Waals surface area contributed by atoms with E-state index in [2.05, 4.69) is 20.7 Å². The van der Waals surface area contributed by atoms with E-state index in [1.165, 1.54) is 36.0 Å². The van der Waals surface area contributed by atoms with Gasteiger partial charge in [-0.15, -0.1) is 0 Å². The van der Waals surface area contributed by atoms with Crippen LogP contribution in [0.4, 0.5) is 15.0 Å². The summed E-state index contributed by atoms with van der Waals surface area (Å²) in [5, 5.41) is 18.8. The van der Waals surface area contributed by atoms with Crippen LogP contribution in [-0.2, 0) is 16.1 Å². The molecule has 202 valence electrons. The number of carbonyl (C=O) groups excluding carboxylic acids is 2. The number of nitrogens with zero attached hydrogens (tertiary/aromatic N) is 3. The molecule has 11 nitrogen and oxygen atoms in total. The van der Waals surface area contributed by atoms with Crippen molar-refractivity contribution >= 4 is 29.4 Å². The maximum Gasteiger partial charge on any atom is 0.354 e. The number of anilines is 1. The van der Waals surface area contributed by atoms with Gasteiger partial charge in [0.15, 0.2) is 11.3 Å². The van der Waals surface area contributed by atoms with Crippen molar-refractivity contribution in [1.82, 2.24) is 19.9 Å². The van der Waals surface area contributed by atoms with Gasteiger partial charge in [-0.2, -0.15) is 9.61 Å². The minimum Gasteiger partial charge on any atom is -0.477 e. The Balaban J connectivity index is 0.000000317. The zero-order valence-corrected chi connectivity index (χ0v) is 21.1. The number of rotatable bonds is 6. The molecule has 2 amide bonds. The molecule has 38 heavy (non-hydrogen) atoms. The van der Waals surface area contributed by atoms with E-state index < -0.39 is 12.0 Å². The highest BCUT2D eigenvalue weighted by Gasteiger charge is 2.53. The van der Waals surface area contributed by atoms with Crippen LogP contribution in [0, 0.1) is 16.6 Å². The number of carboxylic acids is 1. The zero-order chi connectivity index (χ0) is 27.3. The van der Waals surface area contributed by atoms with Crippen molar-refractivity contribution in [3.05, 3.63) is 59.7 Å². The Kier molecular flexibility index (Phi) is 7.91. The first-order valence-electron chi connectivity index (χ1n) is 12.4. The predicted molar refractivity (Wildman–Crippen MR) is 136 cm³/mol. The molecule has 0 saturated heterocycles. The summed E-state index contributed by atoms with van der Waals surface area (Å²) in [7, 11) is 1.44. The smallest absolute Gasteiger partial charge is 0.354 e. The van der Waals surface area contributed by atoms with Gasteiger partial charge >= 0.3 is 18.0 Å². The highest BCUT2D eigenvalue weighted by atomic mass is 19.1. The number of carbonyl (C=O) groups is 3. The molecular weight excluding hydrogens is 495 g/mol. The van der Waals surface area contributed by atoms with E-state index in [-0.39, 0.29) is 34.1 Å². The van der Waals surface area contributed by atoms with Crippen molar-refractivity contribution in [2.75, 3.05) is 19.0 Å². The normalized spacial score (nSPS) is 21.8. The van der Waals surface area contributed by atoms with Gasteiger partial charge in [0, 0.05) is 25.2 Å². The summed E-state index contributed by atoms with van der Waals surface area (Å²) in [6.45, 7) is 0.968. The SMILES string of the molecule is COC(=O)C12CCC(CNC(=O)Nc3cc(C(=O)O)nc4ccnn34)(CC1)CC2.NCc1ccc(F)cc1. The standard InChI is InChI=1S/C19H23N5O5.C7H8FN/c1-29-16(27)19-6-3-18(4-7-19,5-8-19)11-20-17(28)23-14-10-12(15(25)26)22-13-2-9-21-24(13)14;8-7-3-1-6(5-9)2-4-7/h2,9-10H,3-8,11H2,1H3,(H,25,26)(H2,20,23,28);1-4H,5,9H2. The van der Waals surface area contributed by atoms with Crippen molar-refractivity contribution in [2.45, 2.75) is 45.1 Å². The van der Waals surface area contributed by atoms with E-state index in [1.54, 1.807) is 18.2 Å². The minimum atomic E-state index is -1.19. The fourth-order valence-corrected chi connectivity index (χ4v) is 5.21. The summed E-state index contributed by atoms with van der Waals surface area (Å²) >= 11 is 0. The molecule has 3 aromatic rings. The molecule has 0 spiro atoms. The van der Waals surface area contributed by atoms with E-state index in [1.807, 2.05) is 0 Å². The Morgan fingerprint density at radius 3 is 2.34 bits per heavy atom. The molecule has 3 aliphatic rings. The van der Waals surface area contributed by atoms with Crippen LogP contribution >= 0.6 is 0 Å². The Labute approximate surface area is 218 Å². The van der Waals surface area contributed by atoms with Crippen LogP contribution in [0.2, 0.25) is 0 Å². The van der Waals surface area contributed by atoms with Crippen LogP contribution in [0.1, 0.15) is 54.6 Å². The highest BCUT2D eigenvalue weighted by Crippen LogP contribution is 2.57. The number of amides is 2. The van der Waals surface area contributed by atoms with Crippen LogP contribution < -0.4 is 16.4 Å². The molecule has 3 fully saturated rings. The fraction of sp³-hybridized carbons (Fsp3) is 0.423. The van der Waals surface area contributed by atoms with Crippen molar-refractivity contribution < 1.29 is 28.6 Å². The maximum absolute atomic E-state index is 12.5. The Hall–Kier alpha value is -4.06. The summed E-state index contributed by atoms with van der Waals surface area (Å²) in [6, 6.07) is 8.56. The topological polar surface area (TPSA) is 161 Å². The third-order valence-corrected chi connectivity index (χ3v) is 7.61. The van der Waals surface area contributed by atoms with Gasteiger partial charge in [-0.1, -0.05) is 12.1 Å². The lowest BCUT2D eigenvalue weighted by Crippen LogP contribution is -2.51. The average Bonchev–Trinajstić information content (AvgIpc) is 3.43. The number of benzene rings is 1. The zero-order valence-electron chi connectivity index (χ0n) is 21.1. The number of esters is 1. The molecule has 5 N–H and O–H groups in total. The van der Waals surface area contributed by atoms with E-state index in [9.17, 15) is 23.9 Å². The molecule has 6 rings (SSSR count). The molecule has 0 atom stereocenters. The average molecular weight is 527 g/mol. The lowest BCUT2D eigenvalue weighted by Gasteiger charge is -2.51. The lowest BCUT2D eigenvalue weighted by atomic mass is 9.53. The number of carboxylic acid groups (broad SMARTS) is 1. The molecule has 12 heteroatoms. The van der Waals surface area contributed by atoms with Crippen LogP contribution in [0.3, 0.4) is 0 Å². The number of hydrogen-bond donors (Lipinski definition) is 4. The quantitative estimate of drug-likeness (QED) is 0.356. The Morgan fingerprint density at radius 1 is 1.11 bits per heavy atom. The monoisotopic (exact) mass is 526 g/mol. The van der Waals surface area contributed by atoms with Gasteiger partial charge in [0.1, 0.15) is 11.6 Å². The molecule has 2 aromatic heterocycles. The van der Waals surface area contributed by atoms with Gasteiger partial charge in [-0.3, -0.25) is 10.1 Å². The number of nitrogens with two attached hydrogens (primary N) is 1. The van der Waals surface area contributed by atoms with Gasteiger partial charge in [0.05, 0.1) is 18.7 Å². The summed E-state index contributed by atoms with van der Waals surface area (Å²) in [5.74, 6) is -1.29.